The molecule has 1 saturated heterocycles. The molecule has 1 aliphatic rings. The Kier molecular flexibility index (Phi) is 3.85. The highest BCUT2D eigenvalue weighted by molar-refractivity contribution is 6.06. The van der Waals surface area contributed by atoms with Crippen LogP contribution in [0.25, 0.3) is 11.0 Å². The predicted molar refractivity (Wildman–Crippen MR) is 76.6 cm³/mol. The normalized spacial score (nSPS) is 27.5. The molecule has 0 unspecified atom stereocenters. The Morgan fingerprint density at radius 1 is 1.43 bits per heavy atom. The molecule has 2 aromatic rings. The zero-order valence-corrected chi connectivity index (χ0v) is 12.1. The topological polar surface area (TPSA) is 173 Å². The first-order valence-electron chi connectivity index (χ1n) is 6.73. The molecule has 1 aliphatic heterocycles. The van der Waals surface area contributed by atoms with E-state index in [0.717, 1.165) is 0 Å². The van der Waals surface area contributed by atoms with Gasteiger partial charge in [-0.1, -0.05) is 0 Å². The minimum absolute atomic E-state index is 0.0818. The van der Waals surface area contributed by atoms with E-state index in [0.29, 0.717) is 0 Å². The molecule has 0 radical (unpaired) electrons. The largest absolute Gasteiger partial charge is 0.480 e. The lowest BCUT2D eigenvalue weighted by molar-refractivity contribution is -0.0567. The molecule has 0 aromatic carbocycles. The fraction of sp³-hybridized carbons (Fsp3) is 0.500. The minimum Gasteiger partial charge on any atom is -0.480 e. The van der Waals surface area contributed by atoms with Crippen molar-refractivity contribution in [2.24, 2.45) is 0 Å². The minimum atomic E-state index is -1.34. The number of hydrogen-bond donors (Lipinski definition) is 5. The molecular formula is C12H16N6O5. The Morgan fingerprint density at radius 2 is 2.17 bits per heavy atom. The van der Waals surface area contributed by atoms with Crippen molar-refractivity contribution in [3.8, 4) is 0 Å². The second-order valence-corrected chi connectivity index (χ2v) is 5.01. The number of fused-ring (bicyclic) bond motifs is 1. The van der Waals surface area contributed by atoms with E-state index < -0.39 is 31.1 Å². The van der Waals surface area contributed by atoms with Gasteiger partial charge < -0.3 is 30.5 Å². The van der Waals surface area contributed by atoms with Crippen LogP contribution in [0.15, 0.2) is 6.33 Å². The highest BCUT2D eigenvalue weighted by Gasteiger charge is 2.45. The first-order chi connectivity index (χ1) is 11.0. The number of anilines is 1. The Bertz CT molecular complexity index is 749. The average molecular weight is 324 g/mol. The molecule has 6 N–H and O–H groups in total. The molecule has 0 saturated carbocycles. The van der Waals surface area contributed by atoms with Gasteiger partial charge >= 0.3 is 0 Å². The number of nitrogens with zero attached hydrogens (tertiary/aromatic N) is 4. The van der Waals surface area contributed by atoms with Crippen molar-refractivity contribution in [3.63, 3.8) is 0 Å². The number of nitrogens with one attached hydrogen (secondary N) is 1. The maximum absolute atomic E-state index is 10.1. The molecule has 2 aromatic heterocycles. The van der Waals surface area contributed by atoms with E-state index in [4.69, 9.17) is 20.6 Å². The predicted octanol–water partition coefficient (Wildman–Crippen LogP) is -2.01. The molecule has 11 heteroatoms. The van der Waals surface area contributed by atoms with Crippen LogP contribution in [0.3, 0.4) is 0 Å². The smallest absolute Gasteiger partial charge is 0.234 e. The SMILES string of the molecule is COC(=N)c1nn([C@@H]2O[C@H](CO)[C@@H](O)[C@H]2O)c2ncnc(N)c12. The number of aliphatic hydroxyl groups excluding tert-OH is 3. The summed E-state index contributed by atoms with van der Waals surface area (Å²) in [4.78, 5) is 7.91. The molecule has 1 fully saturated rings. The van der Waals surface area contributed by atoms with E-state index in [1.54, 1.807) is 0 Å². The van der Waals surface area contributed by atoms with Crippen LogP contribution >= 0.6 is 0 Å². The van der Waals surface area contributed by atoms with Crippen molar-refractivity contribution >= 4 is 22.7 Å². The van der Waals surface area contributed by atoms with Crippen LogP contribution in [0.4, 0.5) is 5.82 Å². The highest BCUT2D eigenvalue weighted by atomic mass is 16.6. The van der Waals surface area contributed by atoms with Crippen LogP contribution < -0.4 is 5.73 Å². The molecule has 11 nitrogen and oxygen atoms in total. The summed E-state index contributed by atoms with van der Waals surface area (Å²) < 4.78 is 11.5. The van der Waals surface area contributed by atoms with Gasteiger partial charge in [0.1, 0.15) is 30.5 Å². The molecular weight excluding hydrogens is 308 g/mol. The van der Waals surface area contributed by atoms with Crippen LogP contribution in [-0.4, -0.2) is 73.0 Å². The van der Waals surface area contributed by atoms with Gasteiger partial charge in [0, 0.05) is 0 Å². The van der Waals surface area contributed by atoms with Gasteiger partial charge in [-0.25, -0.2) is 14.6 Å². The summed E-state index contributed by atoms with van der Waals surface area (Å²) in [5.74, 6) is -0.174. The van der Waals surface area contributed by atoms with Gasteiger partial charge in [-0.2, -0.15) is 5.10 Å². The summed E-state index contributed by atoms with van der Waals surface area (Å²) in [5.41, 5.74) is 6.12. The monoisotopic (exact) mass is 324 g/mol. The third-order valence-electron chi connectivity index (χ3n) is 3.70. The van der Waals surface area contributed by atoms with E-state index in [1.807, 2.05) is 0 Å². The zero-order valence-electron chi connectivity index (χ0n) is 12.1. The van der Waals surface area contributed by atoms with Gasteiger partial charge in [0.25, 0.3) is 0 Å². The third-order valence-corrected chi connectivity index (χ3v) is 3.70. The van der Waals surface area contributed by atoms with Crippen molar-refractivity contribution in [1.29, 1.82) is 5.41 Å². The molecule has 124 valence electrons. The number of aliphatic hydroxyl groups is 3. The van der Waals surface area contributed by atoms with Crippen LogP contribution in [0.2, 0.25) is 0 Å². The Balaban J connectivity index is 2.16. The lowest BCUT2D eigenvalue weighted by Crippen LogP contribution is -2.33. The van der Waals surface area contributed by atoms with E-state index >= 15 is 0 Å². The second kappa shape index (κ2) is 5.70. The number of nitrogen functional groups attached to an aromatic ring is 1. The summed E-state index contributed by atoms with van der Waals surface area (Å²) in [6.45, 7) is -0.466. The number of methoxy groups -OCH3 is 1. The molecule has 3 heterocycles. The molecule has 0 bridgehead atoms. The van der Waals surface area contributed by atoms with Crippen LogP contribution in [-0.2, 0) is 9.47 Å². The molecule has 0 amide bonds. The summed E-state index contributed by atoms with van der Waals surface area (Å²) in [6, 6.07) is 0. The van der Waals surface area contributed by atoms with Crippen molar-refractivity contribution in [1.82, 2.24) is 19.7 Å². The van der Waals surface area contributed by atoms with Crippen LogP contribution in [0, 0.1) is 5.41 Å². The number of hydrogen-bond acceptors (Lipinski definition) is 10. The quantitative estimate of drug-likeness (QED) is 0.316. The third kappa shape index (κ3) is 2.30. The number of rotatable bonds is 3. The van der Waals surface area contributed by atoms with Gasteiger partial charge in [-0.15, -0.1) is 0 Å². The second-order valence-electron chi connectivity index (χ2n) is 5.01. The number of aromatic nitrogens is 4. The summed E-state index contributed by atoms with van der Waals surface area (Å²) in [7, 11) is 1.31. The summed E-state index contributed by atoms with van der Waals surface area (Å²) in [5, 5.41) is 41.4. The number of nitrogens with two attached hydrogens (primary N) is 1. The summed E-state index contributed by atoms with van der Waals surface area (Å²) in [6.07, 6.45) is -3.47. The summed E-state index contributed by atoms with van der Waals surface area (Å²) >= 11 is 0. The first-order valence-corrected chi connectivity index (χ1v) is 6.73. The Labute approximate surface area is 129 Å². The van der Waals surface area contributed by atoms with E-state index in [2.05, 4.69) is 15.1 Å². The first kappa shape index (κ1) is 15.6. The Hall–Kier alpha value is -2.34. The van der Waals surface area contributed by atoms with Crippen molar-refractivity contribution < 1.29 is 24.8 Å². The van der Waals surface area contributed by atoms with Crippen LogP contribution in [0.5, 0.6) is 0 Å². The maximum Gasteiger partial charge on any atom is 0.234 e. The van der Waals surface area contributed by atoms with Crippen molar-refractivity contribution in [3.05, 3.63) is 12.0 Å². The fourth-order valence-corrected chi connectivity index (χ4v) is 2.51. The molecule has 0 spiro atoms. The van der Waals surface area contributed by atoms with Gasteiger partial charge in [0.2, 0.25) is 5.90 Å². The van der Waals surface area contributed by atoms with E-state index in [1.165, 1.54) is 18.1 Å². The molecule has 23 heavy (non-hydrogen) atoms. The Morgan fingerprint density at radius 3 is 2.78 bits per heavy atom. The molecule has 0 aliphatic carbocycles. The van der Waals surface area contributed by atoms with E-state index in [9.17, 15) is 15.3 Å². The number of ether oxygens (including phenoxy) is 2. The molecule has 4 atom stereocenters. The molecule has 3 rings (SSSR count). The maximum atomic E-state index is 10.1. The lowest BCUT2D eigenvalue weighted by atomic mass is 10.1. The van der Waals surface area contributed by atoms with Crippen molar-refractivity contribution in [2.45, 2.75) is 24.5 Å². The van der Waals surface area contributed by atoms with E-state index in [-0.39, 0.29) is 28.4 Å². The van der Waals surface area contributed by atoms with Gasteiger partial charge in [0.05, 0.1) is 19.1 Å². The standard InChI is InChI=1S/C12H16N6O5/c1-22-10(14)6-5-9(13)15-3-16-11(5)18(17-6)12-8(21)7(20)4(2-19)23-12/h3-4,7-8,12,14,19-21H,2H2,1H3,(H2,13,15,16)/t4-,7-,8-,12-/m1/s1. The average Bonchev–Trinajstić information content (AvgIpc) is 3.07. The lowest BCUT2D eigenvalue weighted by Gasteiger charge is -2.15. The zero-order chi connectivity index (χ0) is 16.7. The van der Waals surface area contributed by atoms with Gasteiger partial charge in [-0.05, 0) is 0 Å². The van der Waals surface area contributed by atoms with Gasteiger partial charge in [-0.3, -0.25) is 5.41 Å². The van der Waals surface area contributed by atoms with Crippen molar-refractivity contribution in [2.75, 3.05) is 19.5 Å². The van der Waals surface area contributed by atoms with Crippen LogP contribution in [0.1, 0.15) is 11.9 Å². The highest BCUT2D eigenvalue weighted by Crippen LogP contribution is 2.32. The fourth-order valence-electron chi connectivity index (χ4n) is 2.51. The van der Waals surface area contributed by atoms with Gasteiger partial charge in [0.15, 0.2) is 17.6 Å².